The van der Waals surface area contributed by atoms with Crippen LogP contribution < -0.4 is 10.6 Å². The molecule has 2 atom stereocenters. The van der Waals surface area contributed by atoms with Crippen molar-refractivity contribution in [2.24, 2.45) is 5.92 Å². The van der Waals surface area contributed by atoms with Gasteiger partial charge < -0.3 is 10.2 Å². The number of aromatic nitrogens is 3. The van der Waals surface area contributed by atoms with E-state index in [2.05, 4.69) is 53.4 Å². The standard InChI is InChI=1S/C37H40N6O2S/c1-23-5-12-28(13-6-23)43-34(21-33(41-43)37(2,3)4)40-36(45)39-27-10-7-24(8-11-27)17-25-18-29-14-15-30(19-25)42(29)35(44)26-9-16-31-32(20-26)46-22-38-31/h5-13,16,20-22,25,29-30H,14-15,17-19H2,1-4H3,(H2,39,40,45). The van der Waals surface area contributed by atoms with Gasteiger partial charge in [0.1, 0.15) is 5.82 Å². The van der Waals surface area contributed by atoms with Gasteiger partial charge in [0, 0.05) is 34.8 Å². The minimum Gasteiger partial charge on any atom is -0.333 e. The molecule has 2 N–H and O–H groups in total. The van der Waals surface area contributed by atoms with E-state index in [0.717, 1.165) is 70.5 Å². The molecule has 4 heterocycles. The molecule has 9 heteroatoms. The molecule has 2 aromatic heterocycles. The zero-order chi connectivity index (χ0) is 32.0. The Morgan fingerprint density at radius 2 is 1.63 bits per heavy atom. The van der Waals surface area contributed by atoms with Crippen LogP contribution in [0.2, 0.25) is 0 Å². The van der Waals surface area contributed by atoms with Gasteiger partial charge in [0.25, 0.3) is 5.91 Å². The highest BCUT2D eigenvalue weighted by molar-refractivity contribution is 7.16. The van der Waals surface area contributed by atoms with Gasteiger partial charge in [-0.1, -0.05) is 50.6 Å². The van der Waals surface area contributed by atoms with Crippen LogP contribution in [0.5, 0.6) is 0 Å². The molecule has 0 aliphatic carbocycles. The second kappa shape index (κ2) is 12.0. The van der Waals surface area contributed by atoms with Crippen molar-refractivity contribution in [3.8, 4) is 5.69 Å². The number of carbonyl (C=O) groups is 2. The van der Waals surface area contributed by atoms with E-state index in [1.807, 2.05) is 73.1 Å². The van der Waals surface area contributed by atoms with Crippen molar-refractivity contribution in [3.63, 3.8) is 0 Å². The summed E-state index contributed by atoms with van der Waals surface area (Å²) in [6, 6.07) is 24.3. The Labute approximate surface area is 273 Å². The first-order valence-corrected chi connectivity index (χ1v) is 17.0. The molecule has 0 spiro atoms. The summed E-state index contributed by atoms with van der Waals surface area (Å²) in [5.74, 6) is 1.31. The van der Waals surface area contributed by atoms with Gasteiger partial charge in [-0.25, -0.2) is 14.5 Å². The number of nitrogens with zero attached hydrogens (tertiary/aromatic N) is 4. The first kappa shape index (κ1) is 30.2. The summed E-state index contributed by atoms with van der Waals surface area (Å²) in [7, 11) is 0. The number of thiazole rings is 1. The lowest BCUT2D eigenvalue weighted by molar-refractivity contribution is 0.0524. The maximum Gasteiger partial charge on any atom is 0.324 e. The number of anilines is 2. The van der Waals surface area contributed by atoms with E-state index in [0.29, 0.717) is 23.8 Å². The lowest BCUT2D eigenvalue weighted by atomic mass is 9.85. The minimum atomic E-state index is -0.315. The fourth-order valence-corrected chi connectivity index (χ4v) is 7.70. The van der Waals surface area contributed by atoms with Crippen LogP contribution in [0.1, 0.15) is 73.6 Å². The van der Waals surface area contributed by atoms with Crippen LogP contribution in [0, 0.1) is 12.8 Å². The van der Waals surface area contributed by atoms with E-state index in [4.69, 9.17) is 5.10 Å². The zero-order valence-electron chi connectivity index (χ0n) is 26.8. The molecule has 0 radical (unpaired) electrons. The predicted molar refractivity (Wildman–Crippen MR) is 185 cm³/mol. The third kappa shape index (κ3) is 6.16. The second-order valence-electron chi connectivity index (χ2n) is 13.9. The topological polar surface area (TPSA) is 92.2 Å². The van der Waals surface area contributed by atoms with Gasteiger partial charge in [-0.15, -0.1) is 11.3 Å². The molecule has 7 rings (SSSR count). The summed E-state index contributed by atoms with van der Waals surface area (Å²) >= 11 is 1.58. The van der Waals surface area contributed by atoms with Gasteiger partial charge in [-0.3, -0.25) is 10.1 Å². The molecule has 0 saturated carbocycles. The van der Waals surface area contributed by atoms with Gasteiger partial charge in [-0.05, 0) is 93.0 Å². The molecule has 8 nitrogen and oxygen atoms in total. The third-order valence-electron chi connectivity index (χ3n) is 9.38. The Bertz CT molecular complexity index is 1870. The lowest BCUT2D eigenvalue weighted by Crippen LogP contribution is -2.46. The molecule has 2 bridgehead atoms. The highest BCUT2D eigenvalue weighted by atomic mass is 32.1. The zero-order valence-corrected chi connectivity index (χ0v) is 27.6. The van der Waals surface area contributed by atoms with E-state index in [9.17, 15) is 9.59 Å². The quantitative estimate of drug-likeness (QED) is 0.197. The fraction of sp³-hybridized carbons (Fsp3) is 0.351. The number of piperidine rings is 1. The number of rotatable bonds is 6. The Kier molecular flexibility index (Phi) is 7.88. The Hall–Kier alpha value is -4.50. The Morgan fingerprint density at radius 1 is 0.913 bits per heavy atom. The summed E-state index contributed by atoms with van der Waals surface area (Å²) in [4.78, 5) is 33.2. The molecule has 2 aliphatic rings. The second-order valence-corrected chi connectivity index (χ2v) is 14.7. The van der Waals surface area contributed by atoms with Gasteiger partial charge in [-0.2, -0.15) is 5.10 Å². The molecule has 46 heavy (non-hydrogen) atoms. The van der Waals surface area contributed by atoms with Crippen LogP contribution in [-0.4, -0.2) is 43.7 Å². The smallest absolute Gasteiger partial charge is 0.324 e. The van der Waals surface area contributed by atoms with Crippen LogP contribution in [0.4, 0.5) is 16.3 Å². The highest BCUT2D eigenvalue weighted by Crippen LogP contribution is 2.41. The molecule has 2 saturated heterocycles. The van der Waals surface area contributed by atoms with Crippen molar-refractivity contribution in [2.45, 2.75) is 77.3 Å². The monoisotopic (exact) mass is 632 g/mol. The van der Waals surface area contributed by atoms with E-state index in [-0.39, 0.29) is 17.4 Å². The normalized spacial score (nSPS) is 19.4. The minimum absolute atomic E-state index is 0.159. The molecule has 236 valence electrons. The summed E-state index contributed by atoms with van der Waals surface area (Å²) in [5.41, 5.74) is 8.32. The van der Waals surface area contributed by atoms with Crippen molar-refractivity contribution in [3.05, 3.63) is 101 Å². The van der Waals surface area contributed by atoms with Gasteiger partial charge in [0.2, 0.25) is 0 Å². The van der Waals surface area contributed by atoms with E-state index in [1.165, 1.54) is 5.56 Å². The average Bonchev–Trinajstić information content (AvgIpc) is 3.74. The first-order valence-electron chi connectivity index (χ1n) is 16.1. The number of hydrogen-bond donors (Lipinski definition) is 2. The molecular formula is C37H40N6O2S. The summed E-state index contributed by atoms with van der Waals surface area (Å²) in [6.07, 6.45) is 5.18. The third-order valence-corrected chi connectivity index (χ3v) is 10.2. The maximum absolute atomic E-state index is 13.5. The van der Waals surface area contributed by atoms with Gasteiger partial charge in [0.05, 0.1) is 27.1 Å². The van der Waals surface area contributed by atoms with Gasteiger partial charge in [0.15, 0.2) is 0 Å². The fourth-order valence-electron chi connectivity index (χ4n) is 6.98. The number of carbonyl (C=O) groups excluding carboxylic acids is 2. The van der Waals surface area contributed by atoms with Crippen LogP contribution in [0.3, 0.4) is 0 Å². The average molecular weight is 633 g/mol. The van der Waals surface area contributed by atoms with Crippen LogP contribution in [-0.2, 0) is 11.8 Å². The lowest BCUT2D eigenvalue weighted by Gasteiger charge is -2.39. The SMILES string of the molecule is Cc1ccc(-n2nc(C(C)(C)C)cc2NC(=O)Nc2ccc(CC3CC4CCC(C3)N4C(=O)c3ccc4ncsc4c3)cc2)cc1. The number of fused-ring (bicyclic) bond motifs is 3. The number of nitrogens with one attached hydrogen (secondary N) is 2. The molecule has 2 unspecified atom stereocenters. The van der Waals surface area contributed by atoms with E-state index >= 15 is 0 Å². The van der Waals surface area contributed by atoms with Crippen LogP contribution in [0.15, 0.2) is 78.3 Å². The van der Waals surface area contributed by atoms with Crippen molar-refractivity contribution in [1.82, 2.24) is 19.7 Å². The molecule has 3 aromatic carbocycles. The predicted octanol–water partition coefficient (Wildman–Crippen LogP) is 8.36. The van der Waals surface area contributed by atoms with Crippen molar-refractivity contribution in [1.29, 1.82) is 0 Å². The summed E-state index contributed by atoms with van der Waals surface area (Å²) in [5, 5.41) is 10.8. The Morgan fingerprint density at radius 3 is 2.33 bits per heavy atom. The van der Waals surface area contributed by atoms with Crippen molar-refractivity contribution >= 4 is 45.0 Å². The molecule has 5 aromatic rings. The number of hydrogen-bond acceptors (Lipinski definition) is 5. The van der Waals surface area contributed by atoms with Crippen LogP contribution in [0.25, 0.3) is 15.9 Å². The van der Waals surface area contributed by atoms with Crippen LogP contribution >= 0.6 is 11.3 Å². The van der Waals surface area contributed by atoms with E-state index in [1.54, 1.807) is 16.0 Å². The Balaban J connectivity index is 0.971. The molecular weight excluding hydrogens is 593 g/mol. The molecule has 2 fully saturated rings. The number of benzene rings is 3. The summed E-state index contributed by atoms with van der Waals surface area (Å²) < 4.78 is 2.85. The number of amides is 3. The largest absolute Gasteiger partial charge is 0.333 e. The highest BCUT2D eigenvalue weighted by Gasteiger charge is 2.43. The first-order chi connectivity index (χ1) is 22.1. The van der Waals surface area contributed by atoms with E-state index < -0.39 is 0 Å². The number of aryl methyl sites for hydroxylation is 1. The van der Waals surface area contributed by atoms with Gasteiger partial charge >= 0.3 is 6.03 Å². The van der Waals surface area contributed by atoms with Crippen molar-refractivity contribution < 1.29 is 9.59 Å². The number of urea groups is 1. The molecule has 3 amide bonds. The molecule has 2 aliphatic heterocycles. The maximum atomic E-state index is 13.5. The van der Waals surface area contributed by atoms with Crippen molar-refractivity contribution in [2.75, 3.05) is 10.6 Å². The summed E-state index contributed by atoms with van der Waals surface area (Å²) in [6.45, 7) is 8.38.